The maximum absolute atomic E-state index is 13.2. The Morgan fingerprint density at radius 3 is 2.32 bits per heavy atom. The Hall–Kier alpha value is -2.74. The lowest BCUT2D eigenvalue weighted by molar-refractivity contribution is -0.259. The van der Waals surface area contributed by atoms with Gasteiger partial charge in [-0.25, -0.2) is 17.9 Å². The monoisotopic (exact) mass is 468 g/mol. The molecular formula is C17H14F6N4O3S. The van der Waals surface area contributed by atoms with Gasteiger partial charge >= 0.3 is 12.4 Å². The van der Waals surface area contributed by atoms with E-state index in [-0.39, 0.29) is 17.0 Å². The molecule has 7 nitrogen and oxygen atoms in total. The van der Waals surface area contributed by atoms with Gasteiger partial charge < -0.3 is 5.11 Å². The van der Waals surface area contributed by atoms with Gasteiger partial charge in [0.1, 0.15) is 5.69 Å². The van der Waals surface area contributed by atoms with Crippen LogP contribution in [0.15, 0.2) is 35.5 Å². The summed E-state index contributed by atoms with van der Waals surface area (Å²) in [6, 6.07) is 2.39. The van der Waals surface area contributed by atoms with E-state index in [1.165, 1.54) is 6.92 Å². The summed E-state index contributed by atoms with van der Waals surface area (Å²) in [5, 5.41) is 13.2. The number of hydrogen-bond acceptors (Lipinski definition) is 6. The molecule has 0 radical (unpaired) electrons. The van der Waals surface area contributed by atoms with E-state index < -0.39 is 49.7 Å². The van der Waals surface area contributed by atoms with Gasteiger partial charge in [0.2, 0.25) is 0 Å². The molecule has 3 heterocycles. The second kappa shape index (κ2) is 7.15. The van der Waals surface area contributed by atoms with E-state index in [0.717, 1.165) is 16.8 Å². The van der Waals surface area contributed by atoms with Crippen molar-refractivity contribution < 1.29 is 39.9 Å². The number of alkyl halides is 6. The minimum atomic E-state index is -5.12. The molecule has 14 heteroatoms. The minimum absolute atomic E-state index is 0.202. The van der Waals surface area contributed by atoms with Crippen LogP contribution >= 0.6 is 0 Å². The number of aliphatic hydroxyl groups is 1. The molecule has 0 aromatic carbocycles. The van der Waals surface area contributed by atoms with Crippen LogP contribution in [0.25, 0.3) is 17.0 Å². The zero-order chi connectivity index (χ0) is 23.4. The number of pyridine rings is 1. The molecule has 168 valence electrons. The van der Waals surface area contributed by atoms with Crippen LogP contribution in [-0.4, -0.2) is 45.0 Å². The lowest BCUT2D eigenvalue weighted by atomic mass is 9.97. The van der Waals surface area contributed by atoms with E-state index in [0.29, 0.717) is 25.3 Å². The Bertz CT molecular complexity index is 1250. The molecule has 0 aliphatic carbocycles. The lowest BCUT2D eigenvalue weighted by Crippen LogP contribution is -2.39. The Morgan fingerprint density at radius 1 is 1.13 bits per heavy atom. The third kappa shape index (κ3) is 4.08. The first-order valence-corrected chi connectivity index (χ1v) is 10.2. The highest BCUT2D eigenvalue weighted by Crippen LogP contribution is 2.40. The van der Waals surface area contributed by atoms with Crippen molar-refractivity contribution in [2.24, 2.45) is 0 Å². The SMILES string of the molecule is CCS(=O)(=O)c1cc(C(C)(O)C(F)(F)F)cnc1-c1ccn2nc(C(F)(F)F)cc2n1. The summed E-state index contributed by atoms with van der Waals surface area (Å²) in [6.07, 6.45) is -8.14. The number of fused-ring (bicyclic) bond motifs is 1. The first kappa shape index (κ1) is 22.9. The third-order valence-corrected chi connectivity index (χ3v) is 6.28. The summed E-state index contributed by atoms with van der Waals surface area (Å²) in [5.41, 5.74) is -6.30. The number of aromatic nitrogens is 4. The molecule has 31 heavy (non-hydrogen) atoms. The average Bonchev–Trinajstić information content (AvgIpc) is 3.10. The largest absolute Gasteiger partial charge is 0.435 e. The molecule has 0 aliphatic heterocycles. The predicted octanol–water partition coefficient (Wildman–Crippen LogP) is 3.37. The smallest absolute Gasteiger partial charge is 0.376 e. The summed E-state index contributed by atoms with van der Waals surface area (Å²) in [7, 11) is -4.16. The molecule has 3 aromatic rings. The van der Waals surface area contributed by atoms with E-state index in [1.807, 2.05) is 0 Å². The molecule has 0 saturated carbocycles. The fraction of sp³-hybridized carbons (Fsp3) is 0.353. The molecule has 0 aliphatic rings. The molecule has 1 N–H and O–H groups in total. The van der Waals surface area contributed by atoms with Crippen molar-refractivity contribution in [3.8, 4) is 11.4 Å². The van der Waals surface area contributed by atoms with Crippen molar-refractivity contribution in [2.45, 2.75) is 36.7 Å². The topological polar surface area (TPSA) is 97.5 Å². The molecular weight excluding hydrogens is 454 g/mol. The summed E-state index contributed by atoms with van der Waals surface area (Å²) in [5.74, 6) is -0.507. The Labute approximate surface area is 171 Å². The van der Waals surface area contributed by atoms with Gasteiger partial charge in [-0.2, -0.15) is 31.4 Å². The summed E-state index contributed by atoms with van der Waals surface area (Å²) < 4.78 is 104. The van der Waals surface area contributed by atoms with Gasteiger partial charge in [0.25, 0.3) is 0 Å². The van der Waals surface area contributed by atoms with Gasteiger partial charge in [-0.1, -0.05) is 6.92 Å². The summed E-state index contributed by atoms with van der Waals surface area (Å²) >= 11 is 0. The van der Waals surface area contributed by atoms with Crippen molar-refractivity contribution in [2.75, 3.05) is 5.75 Å². The second-order valence-electron chi connectivity index (χ2n) is 6.69. The zero-order valence-corrected chi connectivity index (χ0v) is 16.6. The van der Waals surface area contributed by atoms with Gasteiger partial charge in [0, 0.05) is 24.0 Å². The minimum Gasteiger partial charge on any atom is -0.376 e. The van der Waals surface area contributed by atoms with Crippen LogP contribution in [0.1, 0.15) is 25.1 Å². The Morgan fingerprint density at radius 2 is 1.77 bits per heavy atom. The Kier molecular flexibility index (Phi) is 5.29. The first-order valence-electron chi connectivity index (χ1n) is 8.54. The van der Waals surface area contributed by atoms with Crippen molar-refractivity contribution >= 4 is 15.5 Å². The number of halogens is 6. The molecule has 0 spiro atoms. The predicted molar refractivity (Wildman–Crippen MR) is 94.6 cm³/mol. The van der Waals surface area contributed by atoms with Gasteiger partial charge in [-0.3, -0.25) is 4.98 Å². The maximum Gasteiger partial charge on any atom is 0.435 e. The molecule has 1 unspecified atom stereocenters. The molecule has 0 fully saturated rings. The van der Waals surface area contributed by atoms with Crippen molar-refractivity contribution in [3.05, 3.63) is 41.9 Å². The molecule has 3 rings (SSSR count). The van der Waals surface area contributed by atoms with E-state index in [9.17, 15) is 39.9 Å². The molecule has 1 atom stereocenters. The van der Waals surface area contributed by atoms with Crippen LogP contribution < -0.4 is 0 Å². The highest BCUT2D eigenvalue weighted by molar-refractivity contribution is 7.91. The molecule has 0 bridgehead atoms. The second-order valence-corrected chi connectivity index (χ2v) is 8.93. The average molecular weight is 468 g/mol. The molecule has 3 aromatic heterocycles. The van der Waals surface area contributed by atoms with Crippen LogP contribution in [-0.2, 0) is 21.6 Å². The summed E-state index contributed by atoms with van der Waals surface area (Å²) in [4.78, 5) is 7.02. The fourth-order valence-electron chi connectivity index (χ4n) is 2.61. The van der Waals surface area contributed by atoms with Crippen LogP contribution in [0.4, 0.5) is 26.3 Å². The van der Waals surface area contributed by atoms with Crippen LogP contribution in [0.3, 0.4) is 0 Å². The quantitative estimate of drug-likeness (QED) is 0.590. The van der Waals surface area contributed by atoms with Crippen molar-refractivity contribution in [3.63, 3.8) is 0 Å². The first-order chi connectivity index (χ1) is 14.1. The van der Waals surface area contributed by atoms with Gasteiger partial charge in [0.15, 0.2) is 26.8 Å². The van der Waals surface area contributed by atoms with E-state index >= 15 is 0 Å². The normalized spacial score (nSPS) is 15.3. The van der Waals surface area contributed by atoms with Gasteiger partial charge in [-0.15, -0.1) is 0 Å². The van der Waals surface area contributed by atoms with E-state index in [2.05, 4.69) is 15.1 Å². The number of hydrogen-bond donors (Lipinski definition) is 1. The highest BCUT2D eigenvalue weighted by atomic mass is 32.2. The third-order valence-electron chi connectivity index (χ3n) is 4.54. The highest BCUT2D eigenvalue weighted by Gasteiger charge is 2.51. The van der Waals surface area contributed by atoms with Crippen LogP contribution in [0, 0.1) is 0 Å². The lowest BCUT2D eigenvalue weighted by Gasteiger charge is -2.27. The van der Waals surface area contributed by atoms with Crippen LogP contribution in [0.5, 0.6) is 0 Å². The van der Waals surface area contributed by atoms with E-state index in [4.69, 9.17) is 0 Å². The van der Waals surface area contributed by atoms with E-state index in [1.54, 1.807) is 0 Å². The fourth-order valence-corrected chi connectivity index (χ4v) is 3.68. The van der Waals surface area contributed by atoms with Gasteiger partial charge in [0.05, 0.1) is 16.3 Å². The van der Waals surface area contributed by atoms with Crippen LogP contribution in [0.2, 0.25) is 0 Å². The zero-order valence-electron chi connectivity index (χ0n) is 15.8. The number of rotatable bonds is 4. The maximum atomic E-state index is 13.2. The number of nitrogens with zero attached hydrogens (tertiary/aromatic N) is 4. The van der Waals surface area contributed by atoms with Crippen molar-refractivity contribution in [1.82, 2.24) is 19.6 Å². The molecule has 0 amide bonds. The number of sulfone groups is 1. The Balaban J connectivity index is 2.23. The van der Waals surface area contributed by atoms with Gasteiger partial charge in [-0.05, 0) is 19.1 Å². The standard InChI is InChI=1S/C17H14F6N4O3S/c1-3-31(29,30)11-6-9(15(2,28)17(21,22)23)8-24-14(11)10-4-5-27-13(25-10)7-12(26-27)16(18,19)20/h4-8,28H,3H2,1-2H3. The summed E-state index contributed by atoms with van der Waals surface area (Å²) in [6.45, 7) is 1.69. The van der Waals surface area contributed by atoms with Crippen molar-refractivity contribution in [1.29, 1.82) is 0 Å². The molecule has 0 saturated heterocycles.